The van der Waals surface area contributed by atoms with E-state index < -0.39 is 40.1 Å². The smallest absolute Gasteiger partial charge is 0.419 e. The Morgan fingerprint density at radius 3 is 2.32 bits per heavy atom. The summed E-state index contributed by atoms with van der Waals surface area (Å²) in [5.74, 6) is -2.57. The average molecular weight is 550 g/mol. The van der Waals surface area contributed by atoms with Crippen LogP contribution in [0.15, 0.2) is 71.6 Å². The van der Waals surface area contributed by atoms with Gasteiger partial charge in [-0.15, -0.1) is 11.3 Å². The van der Waals surface area contributed by atoms with Crippen molar-refractivity contribution in [2.45, 2.75) is 36.4 Å². The molecule has 0 amide bonds. The largest absolute Gasteiger partial charge is 0.478 e. The minimum atomic E-state index is -4.95. The summed E-state index contributed by atoms with van der Waals surface area (Å²) in [5, 5.41) is 10.4. The minimum Gasteiger partial charge on any atom is -0.478 e. The number of anilines is 1. The fourth-order valence-electron chi connectivity index (χ4n) is 4.22. The van der Waals surface area contributed by atoms with Crippen LogP contribution in [0.25, 0.3) is 10.1 Å². The van der Waals surface area contributed by atoms with E-state index in [9.17, 15) is 35.9 Å². The third-order valence-electron chi connectivity index (χ3n) is 6.18. The number of fused-ring (bicyclic) bond motifs is 1. The second-order valence-corrected chi connectivity index (χ2v) is 11.6. The van der Waals surface area contributed by atoms with Gasteiger partial charge in [-0.25, -0.2) is 17.6 Å². The lowest BCUT2D eigenvalue weighted by Gasteiger charge is -2.25. The summed E-state index contributed by atoms with van der Waals surface area (Å²) in [6.07, 6.45) is -3.25. The Bertz CT molecular complexity index is 1610. The molecule has 192 valence electrons. The molecule has 0 saturated heterocycles. The average Bonchev–Trinajstić information content (AvgIpc) is 3.62. The van der Waals surface area contributed by atoms with Gasteiger partial charge in [0, 0.05) is 4.70 Å². The van der Waals surface area contributed by atoms with E-state index in [2.05, 4.69) is 0 Å². The number of thiophene rings is 1. The van der Waals surface area contributed by atoms with E-state index in [1.165, 1.54) is 11.3 Å². The molecule has 3 aromatic carbocycles. The summed E-state index contributed by atoms with van der Waals surface area (Å²) in [4.78, 5) is 11.0. The van der Waals surface area contributed by atoms with E-state index in [-0.39, 0.29) is 21.9 Å². The highest BCUT2D eigenvalue weighted by Gasteiger charge is 2.37. The summed E-state index contributed by atoms with van der Waals surface area (Å²) >= 11 is 1.22. The van der Waals surface area contributed by atoms with Gasteiger partial charge < -0.3 is 5.11 Å². The molecule has 37 heavy (non-hydrogen) atoms. The Morgan fingerprint density at radius 2 is 1.70 bits per heavy atom. The zero-order valence-electron chi connectivity index (χ0n) is 19.0. The zero-order chi connectivity index (χ0) is 26.5. The van der Waals surface area contributed by atoms with Crippen LogP contribution in [-0.4, -0.2) is 19.5 Å². The summed E-state index contributed by atoms with van der Waals surface area (Å²) in [5.41, 5.74) is -0.825. The van der Waals surface area contributed by atoms with E-state index in [1.807, 2.05) is 24.3 Å². The van der Waals surface area contributed by atoms with Crippen LogP contribution in [0, 0.1) is 5.82 Å². The molecule has 1 aromatic heterocycles. The molecule has 1 aliphatic rings. The Morgan fingerprint density at radius 1 is 1.03 bits per heavy atom. The first-order valence-corrected chi connectivity index (χ1v) is 13.5. The van der Waals surface area contributed by atoms with Gasteiger partial charge in [-0.2, -0.15) is 13.2 Å². The molecule has 0 atom stereocenters. The van der Waals surface area contributed by atoms with Crippen LogP contribution in [0.4, 0.5) is 22.6 Å². The quantitative estimate of drug-likeness (QED) is 0.251. The molecular weight excluding hydrogens is 530 g/mol. The molecule has 0 bridgehead atoms. The molecule has 1 fully saturated rings. The topological polar surface area (TPSA) is 74.7 Å². The van der Waals surface area contributed by atoms with Crippen LogP contribution in [0.1, 0.15) is 45.8 Å². The lowest BCUT2D eigenvalue weighted by atomic mass is 10.1. The van der Waals surface area contributed by atoms with Crippen LogP contribution >= 0.6 is 11.3 Å². The van der Waals surface area contributed by atoms with Gasteiger partial charge in [0.05, 0.1) is 22.6 Å². The van der Waals surface area contributed by atoms with Gasteiger partial charge in [-0.05, 0) is 77.7 Å². The number of sulfonamides is 1. The number of rotatable bonds is 7. The number of hydrogen-bond acceptors (Lipinski definition) is 4. The zero-order valence-corrected chi connectivity index (χ0v) is 20.6. The van der Waals surface area contributed by atoms with Crippen LogP contribution in [0.5, 0.6) is 0 Å². The molecule has 1 N–H and O–H groups in total. The minimum absolute atomic E-state index is 0.0429. The fraction of sp³-hybridized carbons (Fsp3) is 0.192. The van der Waals surface area contributed by atoms with Gasteiger partial charge in [0.15, 0.2) is 0 Å². The number of hydrogen-bond donors (Lipinski definition) is 1. The first-order chi connectivity index (χ1) is 17.5. The van der Waals surface area contributed by atoms with Gasteiger partial charge in [0.1, 0.15) is 10.8 Å². The Kier molecular flexibility index (Phi) is 6.23. The maximum atomic E-state index is 13.9. The van der Waals surface area contributed by atoms with Gasteiger partial charge in [0.25, 0.3) is 10.0 Å². The lowest BCUT2D eigenvalue weighted by Crippen LogP contribution is -2.31. The lowest BCUT2D eigenvalue weighted by molar-refractivity contribution is -0.140. The highest BCUT2D eigenvalue weighted by atomic mass is 32.2. The van der Waals surface area contributed by atoms with E-state index in [4.69, 9.17) is 0 Å². The first kappa shape index (κ1) is 25.2. The normalized spacial score (nSPS) is 14.2. The molecule has 0 radical (unpaired) electrons. The number of nitrogens with zero attached hydrogens (tertiary/aromatic N) is 1. The van der Waals surface area contributed by atoms with Crippen molar-refractivity contribution in [3.05, 3.63) is 94.8 Å². The van der Waals surface area contributed by atoms with Crippen molar-refractivity contribution in [3.63, 3.8) is 0 Å². The number of carbonyl (C=O) groups is 1. The molecule has 11 heteroatoms. The molecule has 1 aliphatic carbocycles. The van der Waals surface area contributed by atoms with Crippen molar-refractivity contribution in [1.82, 2.24) is 0 Å². The summed E-state index contributed by atoms with van der Waals surface area (Å²) in [6, 6.07) is 14.4. The van der Waals surface area contributed by atoms with Crippen molar-refractivity contribution in [1.29, 1.82) is 0 Å². The Labute approximate surface area is 213 Å². The predicted molar refractivity (Wildman–Crippen MR) is 132 cm³/mol. The number of carboxylic acid groups (broad SMARTS) is 1. The monoisotopic (exact) mass is 549 g/mol. The number of halogens is 4. The van der Waals surface area contributed by atoms with Crippen molar-refractivity contribution in [2.24, 2.45) is 0 Å². The van der Waals surface area contributed by atoms with Crippen molar-refractivity contribution >= 4 is 42.4 Å². The van der Waals surface area contributed by atoms with E-state index in [1.54, 1.807) is 0 Å². The maximum absolute atomic E-state index is 13.9. The Balaban J connectivity index is 1.68. The molecule has 4 aromatic rings. The molecule has 0 aliphatic heterocycles. The number of benzene rings is 3. The standard InChI is InChI=1S/C26H19F4NO4S2/c27-21-12-5-15(13-20(21)26(28,29)30)14-31(37(34,35)18-10-8-17(9-11-18)25(32)33)24-23(16-6-7-16)19-3-1-2-4-22(19)36-24/h1-5,8-13,16H,6-7,14H2,(H,32,33). The van der Waals surface area contributed by atoms with Gasteiger partial charge in [-0.3, -0.25) is 4.31 Å². The maximum Gasteiger partial charge on any atom is 0.419 e. The summed E-state index contributed by atoms with van der Waals surface area (Å²) in [7, 11) is -4.35. The first-order valence-electron chi connectivity index (χ1n) is 11.2. The van der Waals surface area contributed by atoms with E-state index in [0.717, 1.165) is 63.1 Å². The van der Waals surface area contributed by atoms with Crippen LogP contribution < -0.4 is 4.31 Å². The molecule has 5 rings (SSSR count). The SMILES string of the molecule is O=C(O)c1ccc(S(=O)(=O)N(Cc2ccc(F)c(C(F)(F)F)c2)c2sc3ccccc3c2C2CC2)cc1. The highest BCUT2D eigenvalue weighted by Crippen LogP contribution is 2.52. The highest BCUT2D eigenvalue weighted by molar-refractivity contribution is 7.93. The third kappa shape index (κ3) is 4.80. The molecule has 1 saturated carbocycles. The predicted octanol–water partition coefficient (Wildman–Crippen LogP) is 7.03. The van der Waals surface area contributed by atoms with E-state index >= 15 is 0 Å². The van der Waals surface area contributed by atoms with Gasteiger partial charge >= 0.3 is 12.1 Å². The van der Waals surface area contributed by atoms with Crippen LogP contribution in [0.3, 0.4) is 0 Å². The number of aromatic carboxylic acids is 1. The van der Waals surface area contributed by atoms with Crippen molar-refractivity contribution in [2.75, 3.05) is 4.31 Å². The van der Waals surface area contributed by atoms with Crippen LogP contribution in [0.2, 0.25) is 0 Å². The number of alkyl halides is 3. The second-order valence-electron chi connectivity index (χ2n) is 8.74. The summed E-state index contributed by atoms with van der Waals surface area (Å²) < 4.78 is 83.9. The third-order valence-corrected chi connectivity index (χ3v) is 9.26. The number of carboxylic acids is 1. The van der Waals surface area contributed by atoms with Gasteiger partial charge in [-0.1, -0.05) is 24.3 Å². The molecule has 0 spiro atoms. The summed E-state index contributed by atoms with van der Waals surface area (Å²) in [6.45, 7) is -0.473. The van der Waals surface area contributed by atoms with Crippen LogP contribution in [-0.2, 0) is 22.7 Å². The fourth-order valence-corrected chi connectivity index (χ4v) is 7.19. The molecule has 5 nitrogen and oxygen atoms in total. The molecule has 1 heterocycles. The van der Waals surface area contributed by atoms with E-state index in [0.29, 0.717) is 17.1 Å². The second kappa shape index (κ2) is 9.14. The van der Waals surface area contributed by atoms with Crippen molar-refractivity contribution < 1.29 is 35.9 Å². The van der Waals surface area contributed by atoms with Gasteiger partial charge in [0.2, 0.25) is 0 Å². The molecule has 0 unspecified atom stereocenters. The molecular formula is C26H19F4NO4S2. The Hall–Kier alpha value is -3.44. The van der Waals surface area contributed by atoms with Crippen molar-refractivity contribution in [3.8, 4) is 0 Å².